The van der Waals surface area contributed by atoms with Gasteiger partial charge in [-0.3, -0.25) is 9.59 Å². The number of nitrogens with zero attached hydrogens (tertiary/aromatic N) is 3. The molecule has 204 valence electrons. The Morgan fingerprint density at radius 1 is 1.30 bits per heavy atom. The predicted molar refractivity (Wildman–Crippen MR) is 139 cm³/mol. The molecule has 1 saturated carbocycles. The normalized spacial score (nSPS) is 28.6. The standard InChI is InChI=1S/C26H37ClN4O6/c1-17-14-30(19(16-37-2)5-10-29-11-9-26(7-8-26)22(32)15-29)23(33)6-12-31(17,25(35)36)21-4-3-18(24(28)34)13-20(21)27/h3-4,13,17,19,22,32H,5-12,14-16H2,1-2H3,(H2-,28,34,35,36)/p+1/t17-,19+,22-,31?/m1/s1. The van der Waals surface area contributed by atoms with E-state index in [0.717, 1.165) is 32.4 Å². The smallest absolute Gasteiger partial charge is 0.435 e. The van der Waals surface area contributed by atoms with Gasteiger partial charge < -0.3 is 30.5 Å². The number of β-amino-alcohol motifs (C(OH)–C–C–N with tert-alkyl or cyclic N) is 1. The molecule has 37 heavy (non-hydrogen) atoms. The summed E-state index contributed by atoms with van der Waals surface area (Å²) >= 11 is 6.48. The number of aliphatic hydroxyl groups excluding tert-OH is 1. The Morgan fingerprint density at radius 2 is 2.03 bits per heavy atom. The van der Waals surface area contributed by atoms with Crippen molar-refractivity contribution in [3.63, 3.8) is 0 Å². The molecule has 11 heteroatoms. The number of halogens is 1. The summed E-state index contributed by atoms with van der Waals surface area (Å²) in [7, 11) is 1.60. The second-order valence-corrected chi connectivity index (χ2v) is 11.3. The molecule has 2 aliphatic heterocycles. The van der Waals surface area contributed by atoms with Crippen LogP contribution in [0.2, 0.25) is 5.02 Å². The van der Waals surface area contributed by atoms with Gasteiger partial charge in [0.05, 0.1) is 31.7 Å². The lowest BCUT2D eigenvalue weighted by molar-refractivity contribution is -0.134. The van der Waals surface area contributed by atoms with Gasteiger partial charge in [0, 0.05) is 31.8 Å². The maximum absolute atomic E-state index is 13.4. The zero-order valence-electron chi connectivity index (χ0n) is 21.6. The van der Waals surface area contributed by atoms with Gasteiger partial charge in [0.2, 0.25) is 11.8 Å². The van der Waals surface area contributed by atoms with Crippen molar-refractivity contribution in [2.75, 3.05) is 46.4 Å². The van der Waals surface area contributed by atoms with Crippen molar-refractivity contribution in [1.82, 2.24) is 14.3 Å². The Hall–Kier alpha value is -2.24. The van der Waals surface area contributed by atoms with Gasteiger partial charge in [-0.05, 0) is 56.7 Å². The van der Waals surface area contributed by atoms with Gasteiger partial charge in [0.1, 0.15) is 17.6 Å². The molecule has 1 aliphatic carbocycles. The molecule has 1 aromatic carbocycles. The summed E-state index contributed by atoms with van der Waals surface area (Å²) in [4.78, 5) is 41.7. The zero-order chi connectivity index (χ0) is 27.0. The lowest BCUT2D eigenvalue weighted by Gasteiger charge is -2.39. The molecular weight excluding hydrogens is 500 g/mol. The molecule has 2 saturated heterocycles. The quantitative estimate of drug-likeness (QED) is 0.433. The monoisotopic (exact) mass is 537 g/mol. The summed E-state index contributed by atoms with van der Waals surface area (Å²) < 4.78 is 4.95. The molecule has 3 aliphatic rings. The number of methoxy groups -OCH3 is 1. The number of likely N-dealkylation sites (tertiary alicyclic amines) is 1. The van der Waals surface area contributed by atoms with Crippen LogP contribution in [0.5, 0.6) is 0 Å². The fraction of sp³-hybridized carbons (Fsp3) is 0.654. The first kappa shape index (κ1) is 27.8. The number of aliphatic hydroxyl groups is 1. The number of rotatable bonds is 8. The largest absolute Gasteiger partial charge is 0.519 e. The Labute approximate surface area is 222 Å². The first-order valence-electron chi connectivity index (χ1n) is 12.9. The lowest BCUT2D eigenvalue weighted by Crippen LogP contribution is -2.61. The van der Waals surface area contributed by atoms with Gasteiger partial charge >= 0.3 is 6.09 Å². The van der Waals surface area contributed by atoms with Gasteiger partial charge in [0.25, 0.3) is 0 Å². The van der Waals surface area contributed by atoms with Crippen LogP contribution in [0.4, 0.5) is 10.5 Å². The molecule has 0 bridgehead atoms. The molecule has 1 spiro atoms. The van der Waals surface area contributed by atoms with Gasteiger partial charge in [-0.2, -0.15) is 9.28 Å². The maximum atomic E-state index is 13.4. The molecule has 4 rings (SSSR count). The minimum absolute atomic E-state index is 0.0235. The number of amides is 3. The zero-order valence-corrected chi connectivity index (χ0v) is 22.3. The van der Waals surface area contributed by atoms with Crippen molar-refractivity contribution in [2.24, 2.45) is 11.1 Å². The number of ether oxygens (including phenoxy) is 1. The highest BCUT2D eigenvalue weighted by Crippen LogP contribution is 2.53. The molecule has 4 N–H and O–H groups in total. The van der Waals surface area contributed by atoms with Crippen LogP contribution in [0.25, 0.3) is 0 Å². The van der Waals surface area contributed by atoms with E-state index < -0.39 is 22.5 Å². The van der Waals surface area contributed by atoms with Gasteiger partial charge in [0.15, 0.2) is 5.69 Å². The minimum atomic E-state index is -1.12. The van der Waals surface area contributed by atoms with Gasteiger partial charge in [-0.15, -0.1) is 0 Å². The highest BCUT2D eigenvalue weighted by molar-refractivity contribution is 6.33. The van der Waals surface area contributed by atoms with Crippen LogP contribution in [0.1, 0.15) is 49.4 Å². The Bertz CT molecular complexity index is 1050. The Kier molecular flexibility index (Phi) is 8.16. The van der Waals surface area contributed by atoms with Crippen LogP contribution < -0.4 is 10.2 Å². The third-order valence-corrected chi connectivity index (χ3v) is 9.05. The van der Waals surface area contributed by atoms with Crippen LogP contribution in [-0.4, -0.2) is 103 Å². The van der Waals surface area contributed by atoms with Crippen molar-refractivity contribution in [2.45, 2.75) is 57.2 Å². The van der Waals surface area contributed by atoms with Crippen molar-refractivity contribution in [3.05, 3.63) is 28.8 Å². The number of primary amides is 1. The maximum Gasteiger partial charge on any atom is 0.519 e. The molecule has 4 atom stereocenters. The van der Waals surface area contributed by atoms with Gasteiger partial charge in [-0.1, -0.05) is 11.6 Å². The van der Waals surface area contributed by atoms with E-state index in [1.807, 2.05) is 0 Å². The van der Waals surface area contributed by atoms with E-state index in [0.29, 0.717) is 25.3 Å². The van der Waals surface area contributed by atoms with Crippen LogP contribution in [0.15, 0.2) is 18.2 Å². The summed E-state index contributed by atoms with van der Waals surface area (Å²) in [5.74, 6) is -0.785. The number of quaternary nitrogens is 1. The average Bonchev–Trinajstić information content (AvgIpc) is 3.65. The SMILES string of the molecule is COC[C@H](CCN1CCC2(CC2)[C@H](O)C1)N1C[C@@H](C)[N+](C(=O)O)(c2ccc(C(N)=O)cc2Cl)CCC1=O. The number of benzene rings is 1. The third-order valence-electron chi connectivity index (χ3n) is 8.75. The van der Waals surface area contributed by atoms with E-state index in [2.05, 4.69) is 4.90 Å². The van der Waals surface area contributed by atoms with Crippen molar-refractivity contribution >= 4 is 35.2 Å². The number of carbonyl (C=O) groups is 3. The molecule has 2 heterocycles. The number of hydrogen-bond acceptors (Lipinski definition) is 6. The number of carbonyl (C=O) groups excluding carboxylic acids is 2. The van der Waals surface area contributed by atoms with E-state index in [9.17, 15) is 24.6 Å². The second-order valence-electron chi connectivity index (χ2n) is 10.9. The topological polar surface area (TPSA) is 133 Å². The van der Waals surface area contributed by atoms with E-state index in [-0.39, 0.29) is 53.6 Å². The van der Waals surface area contributed by atoms with E-state index in [4.69, 9.17) is 22.1 Å². The van der Waals surface area contributed by atoms with E-state index in [1.165, 1.54) is 18.2 Å². The molecule has 0 aromatic heterocycles. The first-order valence-corrected chi connectivity index (χ1v) is 13.3. The van der Waals surface area contributed by atoms with E-state index in [1.54, 1.807) is 18.9 Å². The van der Waals surface area contributed by atoms with Crippen molar-refractivity contribution in [3.8, 4) is 0 Å². The highest BCUT2D eigenvalue weighted by atomic mass is 35.5. The van der Waals surface area contributed by atoms with Crippen molar-refractivity contribution in [1.29, 1.82) is 0 Å². The molecule has 1 unspecified atom stereocenters. The predicted octanol–water partition coefficient (Wildman–Crippen LogP) is 2.30. The lowest BCUT2D eigenvalue weighted by atomic mass is 9.90. The summed E-state index contributed by atoms with van der Waals surface area (Å²) in [5.41, 5.74) is 6.00. The van der Waals surface area contributed by atoms with Crippen LogP contribution in [0, 0.1) is 5.41 Å². The molecule has 0 radical (unpaired) electrons. The number of hydrogen-bond donors (Lipinski definition) is 3. The van der Waals surface area contributed by atoms with Crippen LogP contribution in [0.3, 0.4) is 0 Å². The summed E-state index contributed by atoms with van der Waals surface area (Å²) in [6, 6.07) is 3.62. The number of piperidine rings is 1. The molecule has 3 amide bonds. The minimum Gasteiger partial charge on any atom is -0.435 e. The van der Waals surface area contributed by atoms with Crippen LogP contribution in [-0.2, 0) is 9.53 Å². The summed E-state index contributed by atoms with van der Waals surface area (Å²) in [6.07, 6.45) is 2.47. The van der Waals surface area contributed by atoms with Gasteiger partial charge in [-0.25, -0.2) is 0 Å². The molecule has 10 nitrogen and oxygen atoms in total. The molecule has 3 fully saturated rings. The molecular formula is C26H38ClN4O6+. The highest BCUT2D eigenvalue weighted by Gasteiger charge is 2.52. The molecule has 1 aromatic rings. The number of nitrogens with two attached hydrogens (primary N) is 1. The summed E-state index contributed by atoms with van der Waals surface area (Å²) in [6.45, 7) is 4.67. The number of carboxylic acid groups (broad SMARTS) is 1. The Morgan fingerprint density at radius 3 is 2.59 bits per heavy atom. The first-order chi connectivity index (χ1) is 17.5. The van der Waals surface area contributed by atoms with Crippen LogP contribution >= 0.6 is 11.6 Å². The van der Waals surface area contributed by atoms with E-state index >= 15 is 0 Å². The average molecular weight is 538 g/mol. The Balaban J connectivity index is 1.53. The third kappa shape index (κ3) is 5.35. The van der Waals surface area contributed by atoms with Crippen molar-refractivity contribution < 1.29 is 29.3 Å². The summed E-state index contributed by atoms with van der Waals surface area (Å²) in [5, 5.41) is 21.1. The fourth-order valence-corrected chi connectivity index (χ4v) is 6.45. The fourth-order valence-electron chi connectivity index (χ4n) is 6.12. The second kappa shape index (κ2) is 10.9.